The number of sulfone groups is 1. The molecule has 112 valence electrons. The van der Waals surface area contributed by atoms with Crippen molar-refractivity contribution in [1.82, 2.24) is 0 Å². The number of aromatic nitrogens is 1. The normalized spacial score (nSPS) is 11.6. The Bertz CT molecular complexity index is 915. The summed E-state index contributed by atoms with van der Waals surface area (Å²) in [5.41, 5.74) is 0.968. The number of benzene rings is 2. The van der Waals surface area contributed by atoms with E-state index in [1.54, 1.807) is 6.07 Å². The van der Waals surface area contributed by atoms with Crippen LogP contribution in [0.2, 0.25) is 0 Å². The molecule has 0 spiro atoms. The molecule has 0 saturated heterocycles. The van der Waals surface area contributed by atoms with Crippen molar-refractivity contribution in [3.8, 4) is 0 Å². The van der Waals surface area contributed by atoms with Crippen molar-refractivity contribution in [2.75, 3.05) is 5.75 Å². The second-order valence-electron chi connectivity index (χ2n) is 5.07. The van der Waals surface area contributed by atoms with Crippen molar-refractivity contribution in [2.45, 2.75) is 11.4 Å². The summed E-state index contributed by atoms with van der Waals surface area (Å²) in [4.78, 5) is 0. The summed E-state index contributed by atoms with van der Waals surface area (Å²) in [5, 5.41) is 13.6. The van der Waals surface area contributed by atoms with E-state index in [0.29, 0.717) is 11.2 Å². The molecule has 0 radical (unpaired) electrons. The molecule has 0 aliphatic heterocycles. The number of hydrogen-bond donors (Lipinski definition) is 0. The molecular weight excluding hydrogens is 298 g/mol. The lowest BCUT2D eigenvalue weighted by molar-refractivity contribution is -0.646. The highest BCUT2D eigenvalue weighted by Gasteiger charge is 2.23. The van der Waals surface area contributed by atoms with E-state index in [-0.39, 0.29) is 10.8 Å². The van der Waals surface area contributed by atoms with Gasteiger partial charge >= 0.3 is 5.03 Å². The van der Waals surface area contributed by atoms with Crippen molar-refractivity contribution in [3.05, 3.63) is 77.6 Å². The molecule has 0 bridgehead atoms. The Labute approximate surface area is 129 Å². The molecule has 1 aromatic heterocycles. The van der Waals surface area contributed by atoms with Gasteiger partial charge in [0.05, 0.1) is 5.75 Å². The van der Waals surface area contributed by atoms with Crippen LogP contribution in [0.5, 0.6) is 0 Å². The molecule has 5 heteroatoms. The number of pyridine rings is 1. The lowest BCUT2D eigenvalue weighted by atomic mass is 10.0. The van der Waals surface area contributed by atoms with Crippen LogP contribution in [-0.2, 0) is 16.3 Å². The van der Waals surface area contributed by atoms with Crippen LogP contribution in [0, 0.1) is 5.21 Å². The molecule has 0 amide bonds. The van der Waals surface area contributed by atoms with Gasteiger partial charge in [-0.1, -0.05) is 42.5 Å². The van der Waals surface area contributed by atoms with Crippen molar-refractivity contribution in [2.24, 2.45) is 0 Å². The molecule has 3 rings (SSSR count). The first-order valence-corrected chi connectivity index (χ1v) is 8.61. The average molecular weight is 313 g/mol. The third-order valence-electron chi connectivity index (χ3n) is 3.63. The fourth-order valence-electron chi connectivity index (χ4n) is 2.51. The standard InChI is InChI=1S/C17H15NO3S/c19-18-12-4-3-10-17(18)22(20,21)13-11-15-8-5-7-14-6-1-2-9-16(14)15/h1-10,12H,11,13H2. The molecule has 1 heterocycles. The van der Waals surface area contributed by atoms with Gasteiger partial charge in [0.25, 0.3) is 0 Å². The van der Waals surface area contributed by atoms with E-state index in [1.807, 2.05) is 42.5 Å². The van der Waals surface area contributed by atoms with Crippen LogP contribution in [0.3, 0.4) is 0 Å². The second kappa shape index (κ2) is 5.77. The molecular formula is C17H15NO3S. The van der Waals surface area contributed by atoms with Gasteiger partial charge in [-0.05, 0) is 28.8 Å². The highest BCUT2D eigenvalue weighted by Crippen LogP contribution is 2.20. The number of aryl methyl sites for hydroxylation is 1. The molecule has 0 N–H and O–H groups in total. The van der Waals surface area contributed by atoms with Gasteiger partial charge in [0, 0.05) is 12.1 Å². The van der Waals surface area contributed by atoms with Gasteiger partial charge in [0.15, 0.2) is 6.20 Å². The van der Waals surface area contributed by atoms with E-state index in [0.717, 1.165) is 16.3 Å². The highest BCUT2D eigenvalue weighted by atomic mass is 32.2. The molecule has 0 aliphatic rings. The quantitative estimate of drug-likeness (QED) is 0.549. The molecule has 3 aromatic rings. The van der Waals surface area contributed by atoms with E-state index in [1.165, 1.54) is 18.3 Å². The van der Waals surface area contributed by atoms with Crippen molar-refractivity contribution >= 4 is 20.6 Å². The molecule has 22 heavy (non-hydrogen) atoms. The first-order valence-electron chi connectivity index (χ1n) is 6.95. The Hall–Kier alpha value is -2.40. The van der Waals surface area contributed by atoms with Crippen LogP contribution in [0.15, 0.2) is 71.9 Å². The average Bonchev–Trinajstić information content (AvgIpc) is 2.53. The van der Waals surface area contributed by atoms with Gasteiger partial charge < -0.3 is 5.21 Å². The molecule has 0 unspecified atom stereocenters. The van der Waals surface area contributed by atoms with Crippen molar-refractivity contribution < 1.29 is 13.1 Å². The zero-order chi connectivity index (χ0) is 15.6. The zero-order valence-electron chi connectivity index (χ0n) is 11.8. The Kier molecular flexibility index (Phi) is 3.81. The summed E-state index contributed by atoms with van der Waals surface area (Å²) in [6.45, 7) is 0. The lowest BCUT2D eigenvalue weighted by Crippen LogP contribution is -2.34. The van der Waals surface area contributed by atoms with Gasteiger partial charge in [0.2, 0.25) is 9.84 Å². The molecule has 0 fully saturated rings. The fraction of sp³-hybridized carbons (Fsp3) is 0.118. The van der Waals surface area contributed by atoms with Gasteiger partial charge in [-0.2, -0.15) is 4.73 Å². The predicted octanol–water partition coefficient (Wildman–Crippen LogP) is 2.49. The maximum absolute atomic E-state index is 12.3. The molecule has 4 nitrogen and oxygen atoms in total. The Morgan fingerprint density at radius 1 is 0.909 bits per heavy atom. The summed E-state index contributed by atoms with van der Waals surface area (Å²) in [6.07, 6.45) is 1.57. The summed E-state index contributed by atoms with van der Waals surface area (Å²) >= 11 is 0. The number of rotatable bonds is 4. The van der Waals surface area contributed by atoms with Crippen LogP contribution >= 0.6 is 0 Å². The maximum Gasteiger partial charge on any atom is 0.308 e. The molecule has 0 saturated carbocycles. The minimum atomic E-state index is -3.61. The number of nitrogens with zero attached hydrogens (tertiary/aromatic N) is 1. The predicted molar refractivity (Wildman–Crippen MR) is 85.1 cm³/mol. The summed E-state index contributed by atoms with van der Waals surface area (Å²) in [5.74, 6) is -0.0900. The first-order chi connectivity index (χ1) is 10.6. The van der Waals surface area contributed by atoms with Gasteiger partial charge in [-0.3, -0.25) is 0 Å². The van der Waals surface area contributed by atoms with E-state index in [2.05, 4.69) is 0 Å². The highest BCUT2D eigenvalue weighted by molar-refractivity contribution is 7.91. The van der Waals surface area contributed by atoms with Crippen LogP contribution in [-0.4, -0.2) is 14.2 Å². The van der Waals surface area contributed by atoms with Crippen LogP contribution < -0.4 is 4.73 Å². The van der Waals surface area contributed by atoms with E-state index in [9.17, 15) is 13.6 Å². The summed E-state index contributed by atoms with van der Waals surface area (Å²) < 4.78 is 25.1. The molecule has 0 atom stereocenters. The summed E-state index contributed by atoms with van der Waals surface area (Å²) in [7, 11) is -3.61. The lowest BCUT2D eigenvalue weighted by Gasteiger charge is -2.08. The van der Waals surface area contributed by atoms with E-state index >= 15 is 0 Å². The Morgan fingerprint density at radius 2 is 1.64 bits per heavy atom. The van der Waals surface area contributed by atoms with Crippen LogP contribution in [0.25, 0.3) is 10.8 Å². The van der Waals surface area contributed by atoms with E-state index in [4.69, 9.17) is 0 Å². The minimum Gasteiger partial charge on any atom is -0.618 e. The fourth-order valence-corrected chi connectivity index (χ4v) is 3.83. The number of fused-ring (bicyclic) bond motifs is 1. The van der Waals surface area contributed by atoms with Crippen molar-refractivity contribution in [1.29, 1.82) is 0 Å². The SMILES string of the molecule is O=S(=O)(CCc1cccc2ccccc12)c1cccc[n+]1[O-]. The third kappa shape index (κ3) is 2.80. The first kappa shape index (κ1) is 14.5. The topological polar surface area (TPSA) is 61.1 Å². The van der Waals surface area contributed by atoms with Crippen LogP contribution in [0.1, 0.15) is 5.56 Å². The summed E-state index contributed by atoms with van der Waals surface area (Å²) in [6, 6.07) is 18.1. The maximum atomic E-state index is 12.3. The van der Waals surface area contributed by atoms with Crippen molar-refractivity contribution in [3.63, 3.8) is 0 Å². The Balaban J connectivity index is 1.90. The van der Waals surface area contributed by atoms with Crippen LogP contribution in [0.4, 0.5) is 0 Å². The second-order valence-corrected chi connectivity index (χ2v) is 7.13. The Morgan fingerprint density at radius 3 is 2.45 bits per heavy atom. The zero-order valence-corrected chi connectivity index (χ0v) is 12.7. The molecule has 0 aliphatic carbocycles. The minimum absolute atomic E-state index is 0.0900. The third-order valence-corrected chi connectivity index (χ3v) is 5.32. The van der Waals surface area contributed by atoms with Gasteiger partial charge in [0.1, 0.15) is 0 Å². The molecule has 2 aromatic carbocycles. The smallest absolute Gasteiger partial charge is 0.308 e. The van der Waals surface area contributed by atoms with Gasteiger partial charge in [-0.25, -0.2) is 8.42 Å². The monoisotopic (exact) mass is 313 g/mol. The van der Waals surface area contributed by atoms with Gasteiger partial charge in [-0.15, -0.1) is 0 Å². The van der Waals surface area contributed by atoms with E-state index < -0.39 is 9.84 Å². The number of hydrogen-bond acceptors (Lipinski definition) is 3. The largest absolute Gasteiger partial charge is 0.618 e.